The Hall–Kier alpha value is -0.930. The lowest BCUT2D eigenvalue weighted by Crippen LogP contribution is -2.22. The van der Waals surface area contributed by atoms with E-state index in [4.69, 9.17) is 4.74 Å². The first-order chi connectivity index (χ1) is 8.77. The van der Waals surface area contributed by atoms with E-state index in [-0.39, 0.29) is 0 Å². The van der Waals surface area contributed by atoms with Gasteiger partial charge in [0.1, 0.15) is 12.4 Å². The molecule has 0 saturated carbocycles. The summed E-state index contributed by atoms with van der Waals surface area (Å²) in [6.45, 7) is 8.38. The molecule has 0 saturated heterocycles. The van der Waals surface area contributed by atoms with Gasteiger partial charge in [0.2, 0.25) is 0 Å². The highest BCUT2D eigenvalue weighted by molar-refractivity contribution is 7.98. The number of para-hydroxylation sites is 1. The molecular formula is C15H23NOS. The third-order valence-corrected chi connectivity index (χ3v) is 3.49. The van der Waals surface area contributed by atoms with Gasteiger partial charge < -0.3 is 10.1 Å². The Labute approximate surface area is 115 Å². The Kier molecular flexibility index (Phi) is 7.62. The topological polar surface area (TPSA) is 21.3 Å². The molecule has 0 heterocycles. The van der Waals surface area contributed by atoms with Crippen LogP contribution in [0.3, 0.4) is 0 Å². The van der Waals surface area contributed by atoms with Crippen LogP contribution in [0, 0.1) is 5.92 Å². The Morgan fingerprint density at radius 2 is 2.22 bits per heavy atom. The fourth-order valence-corrected chi connectivity index (χ4v) is 2.42. The van der Waals surface area contributed by atoms with E-state index in [0.29, 0.717) is 12.5 Å². The second-order valence-corrected chi connectivity index (χ2v) is 5.31. The normalized spacial score (nSPS) is 12.1. The number of rotatable bonds is 9. The van der Waals surface area contributed by atoms with Gasteiger partial charge in [-0.05, 0) is 30.5 Å². The lowest BCUT2D eigenvalue weighted by Gasteiger charge is -2.13. The van der Waals surface area contributed by atoms with Crippen molar-refractivity contribution in [2.24, 2.45) is 5.92 Å². The summed E-state index contributed by atoms with van der Waals surface area (Å²) < 4.78 is 5.63. The highest BCUT2D eigenvalue weighted by atomic mass is 32.2. The molecule has 1 aromatic rings. The van der Waals surface area contributed by atoms with E-state index in [1.54, 1.807) is 6.08 Å². The minimum Gasteiger partial charge on any atom is -0.489 e. The smallest absolute Gasteiger partial charge is 0.124 e. The lowest BCUT2D eigenvalue weighted by molar-refractivity contribution is 0.357. The van der Waals surface area contributed by atoms with Gasteiger partial charge in [0.15, 0.2) is 0 Å². The van der Waals surface area contributed by atoms with E-state index in [1.807, 2.05) is 30.0 Å². The summed E-state index contributed by atoms with van der Waals surface area (Å²) in [6.07, 6.45) is 3.92. The van der Waals surface area contributed by atoms with Gasteiger partial charge in [-0.2, -0.15) is 11.8 Å². The molecule has 1 rings (SSSR count). The molecule has 0 amide bonds. The van der Waals surface area contributed by atoms with Crippen molar-refractivity contribution in [3.05, 3.63) is 42.5 Å². The summed E-state index contributed by atoms with van der Waals surface area (Å²) in [5.74, 6) is 2.84. The summed E-state index contributed by atoms with van der Waals surface area (Å²) in [7, 11) is 0. The van der Waals surface area contributed by atoms with Crippen LogP contribution in [0.1, 0.15) is 12.5 Å². The molecule has 100 valence electrons. The predicted molar refractivity (Wildman–Crippen MR) is 81.4 cm³/mol. The van der Waals surface area contributed by atoms with Crippen molar-refractivity contribution in [1.29, 1.82) is 0 Å². The predicted octanol–water partition coefficient (Wildman–Crippen LogP) is 3.34. The molecule has 0 aromatic heterocycles. The molecule has 1 unspecified atom stereocenters. The zero-order valence-corrected chi connectivity index (χ0v) is 12.1. The van der Waals surface area contributed by atoms with Gasteiger partial charge in [0.05, 0.1) is 0 Å². The van der Waals surface area contributed by atoms with Crippen molar-refractivity contribution >= 4 is 11.8 Å². The largest absolute Gasteiger partial charge is 0.489 e. The molecule has 1 N–H and O–H groups in total. The highest BCUT2D eigenvalue weighted by Crippen LogP contribution is 2.17. The molecule has 0 aliphatic rings. The van der Waals surface area contributed by atoms with E-state index >= 15 is 0 Å². The van der Waals surface area contributed by atoms with Gasteiger partial charge in [-0.25, -0.2) is 0 Å². The Morgan fingerprint density at radius 3 is 2.94 bits per heavy atom. The number of thioether (sulfide) groups is 1. The van der Waals surface area contributed by atoms with E-state index < -0.39 is 0 Å². The van der Waals surface area contributed by atoms with E-state index in [0.717, 1.165) is 18.8 Å². The van der Waals surface area contributed by atoms with Crippen LogP contribution in [-0.4, -0.2) is 25.2 Å². The quantitative estimate of drug-likeness (QED) is 0.692. The fraction of sp³-hybridized carbons (Fsp3) is 0.467. The second-order valence-electron chi connectivity index (χ2n) is 4.40. The van der Waals surface area contributed by atoms with Crippen molar-refractivity contribution in [3.8, 4) is 5.75 Å². The first-order valence-corrected chi connectivity index (χ1v) is 7.68. The van der Waals surface area contributed by atoms with Crippen LogP contribution in [0.15, 0.2) is 36.9 Å². The molecule has 0 aliphatic heterocycles. The lowest BCUT2D eigenvalue weighted by atomic mass is 10.2. The average molecular weight is 265 g/mol. The van der Waals surface area contributed by atoms with Crippen LogP contribution in [0.5, 0.6) is 5.75 Å². The van der Waals surface area contributed by atoms with Gasteiger partial charge in [0, 0.05) is 12.1 Å². The Morgan fingerprint density at radius 1 is 1.44 bits per heavy atom. The number of hydrogen-bond acceptors (Lipinski definition) is 3. The molecule has 0 aliphatic carbocycles. The SMILES string of the molecule is C=CCOc1ccccc1CNCC(C)CSC. The van der Waals surface area contributed by atoms with Gasteiger partial charge >= 0.3 is 0 Å². The molecular weight excluding hydrogens is 242 g/mol. The fourth-order valence-electron chi connectivity index (χ4n) is 1.74. The molecule has 2 nitrogen and oxygen atoms in total. The van der Waals surface area contributed by atoms with E-state index in [2.05, 4.69) is 31.1 Å². The molecule has 0 fully saturated rings. The third kappa shape index (κ3) is 5.61. The van der Waals surface area contributed by atoms with Crippen molar-refractivity contribution in [3.63, 3.8) is 0 Å². The maximum absolute atomic E-state index is 5.63. The van der Waals surface area contributed by atoms with Crippen LogP contribution in [0.4, 0.5) is 0 Å². The Balaban J connectivity index is 2.43. The minimum absolute atomic E-state index is 0.555. The maximum Gasteiger partial charge on any atom is 0.124 e. The summed E-state index contributed by atoms with van der Waals surface area (Å²) in [5.41, 5.74) is 1.20. The third-order valence-electron chi connectivity index (χ3n) is 2.59. The van der Waals surface area contributed by atoms with Gasteiger partial charge in [-0.15, -0.1) is 0 Å². The number of hydrogen-bond donors (Lipinski definition) is 1. The molecule has 18 heavy (non-hydrogen) atoms. The summed E-state index contributed by atoms with van der Waals surface area (Å²) in [5, 5.41) is 3.48. The van der Waals surface area contributed by atoms with Crippen molar-refractivity contribution in [1.82, 2.24) is 5.32 Å². The standard InChI is InChI=1S/C15H23NOS/c1-4-9-17-15-8-6-5-7-14(15)11-16-10-13(2)12-18-3/h4-8,13,16H,1,9-12H2,2-3H3. The zero-order chi connectivity index (χ0) is 13.2. The maximum atomic E-state index is 5.63. The van der Waals surface area contributed by atoms with Crippen LogP contribution < -0.4 is 10.1 Å². The molecule has 3 heteroatoms. The molecule has 0 spiro atoms. The second kappa shape index (κ2) is 9.06. The molecule has 0 bridgehead atoms. The Bertz CT molecular complexity index is 354. The van der Waals surface area contributed by atoms with Crippen molar-refractivity contribution in [2.45, 2.75) is 13.5 Å². The summed E-state index contributed by atoms with van der Waals surface area (Å²) in [4.78, 5) is 0. The first-order valence-electron chi connectivity index (χ1n) is 6.29. The average Bonchev–Trinajstić information content (AvgIpc) is 2.38. The van der Waals surface area contributed by atoms with Crippen LogP contribution in [0.25, 0.3) is 0 Å². The number of ether oxygens (including phenoxy) is 1. The minimum atomic E-state index is 0.555. The van der Waals surface area contributed by atoms with Crippen molar-refractivity contribution < 1.29 is 4.74 Å². The summed E-state index contributed by atoms with van der Waals surface area (Å²) >= 11 is 1.89. The zero-order valence-electron chi connectivity index (χ0n) is 11.3. The number of benzene rings is 1. The van der Waals surface area contributed by atoms with Crippen molar-refractivity contribution in [2.75, 3.05) is 25.2 Å². The molecule has 1 atom stereocenters. The molecule has 0 radical (unpaired) electrons. The molecule has 1 aromatic carbocycles. The summed E-state index contributed by atoms with van der Waals surface area (Å²) in [6, 6.07) is 8.15. The van der Waals surface area contributed by atoms with Gasteiger partial charge in [-0.1, -0.05) is 37.8 Å². The van der Waals surface area contributed by atoms with Crippen LogP contribution in [0.2, 0.25) is 0 Å². The van der Waals surface area contributed by atoms with E-state index in [1.165, 1.54) is 11.3 Å². The van der Waals surface area contributed by atoms with Gasteiger partial charge in [-0.3, -0.25) is 0 Å². The monoisotopic (exact) mass is 265 g/mol. The number of nitrogens with one attached hydrogen (secondary N) is 1. The van der Waals surface area contributed by atoms with Crippen LogP contribution >= 0.6 is 11.8 Å². The van der Waals surface area contributed by atoms with Crippen LogP contribution in [-0.2, 0) is 6.54 Å². The van der Waals surface area contributed by atoms with Gasteiger partial charge in [0.25, 0.3) is 0 Å². The van der Waals surface area contributed by atoms with E-state index in [9.17, 15) is 0 Å². The first kappa shape index (κ1) is 15.1. The highest BCUT2D eigenvalue weighted by Gasteiger charge is 2.04.